The zero-order valence-corrected chi connectivity index (χ0v) is 14.3. The molecule has 0 N–H and O–H groups in total. The Balaban J connectivity index is 2.03. The van der Waals surface area contributed by atoms with Gasteiger partial charge in [-0.2, -0.15) is 0 Å². The van der Waals surface area contributed by atoms with Crippen molar-refractivity contribution in [2.75, 3.05) is 6.61 Å². The first-order chi connectivity index (χ1) is 9.63. The molecule has 1 heterocycles. The van der Waals surface area contributed by atoms with Crippen LogP contribution in [0.5, 0.6) is 0 Å². The Labute approximate surface area is 128 Å². The van der Waals surface area contributed by atoms with Crippen molar-refractivity contribution in [1.82, 2.24) is 0 Å². The molecule has 0 aromatic rings. The average molecular weight is 298 g/mol. The predicted octanol–water partition coefficient (Wildman–Crippen LogP) is 3.53. The van der Waals surface area contributed by atoms with E-state index in [2.05, 4.69) is 20.8 Å². The molecule has 21 heavy (non-hydrogen) atoms. The fourth-order valence-electron chi connectivity index (χ4n) is 3.53. The Morgan fingerprint density at radius 2 is 1.90 bits per heavy atom. The molecular weight excluding hydrogens is 268 g/mol. The highest BCUT2D eigenvalue weighted by atomic mass is 16.8. The Kier molecular flexibility index (Phi) is 4.69. The third-order valence-corrected chi connectivity index (χ3v) is 4.82. The SMILES string of the molecule is CC1CCC(C(C)C)C(OC(=O)C2(C)COC(C)(C)O2)C1. The largest absolute Gasteiger partial charge is 0.460 e. The van der Waals surface area contributed by atoms with Crippen LogP contribution in [0.1, 0.15) is 60.8 Å². The summed E-state index contributed by atoms with van der Waals surface area (Å²) in [7, 11) is 0. The van der Waals surface area contributed by atoms with Crippen molar-refractivity contribution in [1.29, 1.82) is 0 Å². The summed E-state index contributed by atoms with van der Waals surface area (Å²) in [5.41, 5.74) is -0.980. The number of carbonyl (C=O) groups excluding carboxylic acids is 1. The molecule has 0 aromatic carbocycles. The standard InChI is InChI=1S/C17H30O4/c1-11(2)13-8-7-12(3)9-14(13)20-15(18)17(6)10-19-16(4,5)21-17/h11-14H,7-10H2,1-6H3. The average Bonchev–Trinajstić information content (AvgIpc) is 2.64. The van der Waals surface area contributed by atoms with Crippen molar-refractivity contribution in [3.63, 3.8) is 0 Å². The summed E-state index contributed by atoms with van der Waals surface area (Å²) in [6.07, 6.45) is 3.32. The lowest BCUT2D eigenvalue weighted by molar-refractivity contribution is -0.195. The molecule has 122 valence electrons. The minimum absolute atomic E-state index is 0.00499. The van der Waals surface area contributed by atoms with E-state index in [4.69, 9.17) is 14.2 Å². The molecule has 0 radical (unpaired) electrons. The predicted molar refractivity (Wildman–Crippen MR) is 80.7 cm³/mol. The maximum Gasteiger partial charge on any atom is 0.340 e. The molecule has 2 aliphatic rings. The molecule has 0 amide bonds. The first-order valence-corrected chi connectivity index (χ1v) is 8.18. The third-order valence-electron chi connectivity index (χ3n) is 4.82. The van der Waals surface area contributed by atoms with Gasteiger partial charge in [0, 0.05) is 0 Å². The normalized spacial score (nSPS) is 39.5. The number of carbonyl (C=O) groups is 1. The van der Waals surface area contributed by atoms with E-state index in [0.717, 1.165) is 12.8 Å². The van der Waals surface area contributed by atoms with Crippen LogP contribution >= 0.6 is 0 Å². The van der Waals surface area contributed by atoms with E-state index in [-0.39, 0.29) is 18.7 Å². The summed E-state index contributed by atoms with van der Waals surface area (Å²) >= 11 is 0. The van der Waals surface area contributed by atoms with Crippen LogP contribution in [0.3, 0.4) is 0 Å². The highest BCUT2D eigenvalue weighted by Crippen LogP contribution is 2.37. The van der Waals surface area contributed by atoms with Gasteiger partial charge in [-0.3, -0.25) is 0 Å². The Bertz CT molecular complexity index is 390. The van der Waals surface area contributed by atoms with Crippen molar-refractivity contribution in [2.24, 2.45) is 17.8 Å². The Morgan fingerprint density at radius 3 is 2.43 bits per heavy atom. The summed E-state index contributed by atoms with van der Waals surface area (Å²) in [6, 6.07) is 0. The third kappa shape index (κ3) is 3.78. The van der Waals surface area contributed by atoms with Crippen LogP contribution < -0.4 is 0 Å². The molecule has 2 rings (SSSR count). The van der Waals surface area contributed by atoms with Crippen LogP contribution in [-0.2, 0) is 19.0 Å². The highest BCUT2D eigenvalue weighted by molar-refractivity contribution is 5.79. The minimum Gasteiger partial charge on any atom is -0.460 e. The lowest BCUT2D eigenvalue weighted by Crippen LogP contribution is -2.45. The Hall–Kier alpha value is -0.610. The summed E-state index contributed by atoms with van der Waals surface area (Å²) in [4.78, 5) is 12.6. The zero-order chi connectivity index (χ0) is 15.8. The van der Waals surface area contributed by atoms with Gasteiger partial charge in [0.05, 0.1) is 6.61 Å². The van der Waals surface area contributed by atoms with Gasteiger partial charge in [-0.1, -0.05) is 27.2 Å². The number of ether oxygens (including phenoxy) is 3. The highest BCUT2D eigenvalue weighted by Gasteiger charge is 2.50. The quantitative estimate of drug-likeness (QED) is 0.748. The first kappa shape index (κ1) is 16.8. The van der Waals surface area contributed by atoms with E-state index >= 15 is 0 Å². The van der Waals surface area contributed by atoms with Gasteiger partial charge < -0.3 is 14.2 Å². The maximum absolute atomic E-state index is 12.6. The van der Waals surface area contributed by atoms with Crippen LogP contribution in [0.4, 0.5) is 0 Å². The van der Waals surface area contributed by atoms with E-state index in [0.29, 0.717) is 17.8 Å². The summed E-state index contributed by atoms with van der Waals surface area (Å²) in [5, 5.41) is 0. The molecule has 0 aromatic heterocycles. The molecule has 0 bridgehead atoms. The second-order valence-corrected chi connectivity index (χ2v) is 7.79. The van der Waals surface area contributed by atoms with Gasteiger partial charge in [-0.15, -0.1) is 0 Å². The lowest BCUT2D eigenvalue weighted by Gasteiger charge is -2.38. The smallest absolute Gasteiger partial charge is 0.340 e. The zero-order valence-electron chi connectivity index (χ0n) is 14.3. The molecular formula is C17H30O4. The molecule has 4 atom stereocenters. The summed E-state index contributed by atoms with van der Waals surface area (Å²) < 4.78 is 17.2. The van der Waals surface area contributed by atoms with Crippen molar-refractivity contribution in [3.8, 4) is 0 Å². The van der Waals surface area contributed by atoms with E-state index in [1.807, 2.05) is 13.8 Å². The van der Waals surface area contributed by atoms with Crippen LogP contribution in [-0.4, -0.2) is 30.1 Å². The van der Waals surface area contributed by atoms with Gasteiger partial charge in [0.15, 0.2) is 11.4 Å². The maximum atomic E-state index is 12.6. The molecule has 1 aliphatic heterocycles. The van der Waals surface area contributed by atoms with Gasteiger partial charge in [0.2, 0.25) is 0 Å². The molecule has 4 unspecified atom stereocenters. The second-order valence-electron chi connectivity index (χ2n) is 7.79. The number of esters is 1. The van der Waals surface area contributed by atoms with Crippen molar-refractivity contribution in [2.45, 2.75) is 78.3 Å². The molecule has 0 spiro atoms. The van der Waals surface area contributed by atoms with Crippen LogP contribution in [0.25, 0.3) is 0 Å². The first-order valence-electron chi connectivity index (χ1n) is 8.18. The summed E-state index contributed by atoms with van der Waals surface area (Å²) in [5.74, 6) is 0.593. The molecule has 4 heteroatoms. The monoisotopic (exact) mass is 298 g/mol. The van der Waals surface area contributed by atoms with Crippen LogP contribution in [0.2, 0.25) is 0 Å². The van der Waals surface area contributed by atoms with E-state index in [9.17, 15) is 4.79 Å². The number of rotatable bonds is 3. The van der Waals surface area contributed by atoms with Crippen molar-refractivity contribution >= 4 is 5.97 Å². The number of hydrogen-bond acceptors (Lipinski definition) is 4. The molecule has 1 saturated heterocycles. The molecule has 2 fully saturated rings. The molecule has 4 nitrogen and oxygen atoms in total. The van der Waals surface area contributed by atoms with Gasteiger partial charge in [-0.25, -0.2) is 4.79 Å². The van der Waals surface area contributed by atoms with Crippen molar-refractivity contribution in [3.05, 3.63) is 0 Å². The number of hydrogen-bond donors (Lipinski definition) is 0. The van der Waals surface area contributed by atoms with E-state index in [1.54, 1.807) is 6.92 Å². The fraction of sp³-hybridized carbons (Fsp3) is 0.941. The van der Waals surface area contributed by atoms with E-state index < -0.39 is 11.4 Å². The topological polar surface area (TPSA) is 44.8 Å². The minimum atomic E-state index is -0.980. The van der Waals surface area contributed by atoms with Gasteiger partial charge in [0.1, 0.15) is 6.10 Å². The van der Waals surface area contributed by atoms with Crippen LogP contribution in [0, 0.1) is 17.8 Å². The van der Waals surface area contributed by atoms with E-state index in [1.165, 1.54) is 6.42 Å². The van der Waals surface area contributed by atoms with Gasteiger partial charge >= 0.3 is 5.97 Å². The Morgan fingerprint density at radius 1 is 1.24 bits per heavy atom. The lowest BCUT2D eigenvalue weighted by atomic mass is 9.75. The molecule has 1 aliphatic carbocycles. The molecule has 1 saturated carbocycles. The fourth-order valence-corrected chi connectivity index (χ4v) is 3.53. The van der Waals surface area contributed by atoms with Gasteiger partial charge in [-0.05, 0) is 51.4 Å². The second kappa shape index (κ2) is 5.88. The van der Waals surface area contributed by atoms with Gasteiger partial charge in [0.25, 0.3) is 0 Å². The van der Waals surface area contributed by atoms with Crippen LogP contribution in [0.15, 0.2) is 0 Å². The van der Waals surface area contributed by atoms with Crippen molar-refractivity contribution < 1.29 is 19.0 Å². The summed E-state index contributed by atoms with van der Waals surface area (Å²) in [6.45, 7) is 12.3.